The lowest BCUT2D eigenvalue weighted by atomic mass is 10.0. The zero-order chi connectivity index (χ0) is 15.0. The molecule has 3 rings (SSSR count). The van der Waals surface area contributed by atoms with Crippen LogP contribution in [0, 0.1) is 13.8 Å². The van der Waals surface area contributed by atoms with Crippen LogP contribution in [0.5, 0.6) is 0 Å². The average Bonchev–Trinajstić information content (AvgIpc) is 3.29. The largest absolute Gasteiger partial charge is 0.357 e. The summed E-state index contributed by atoms with van der Waals surface area (Å²) >= 11 is 0. The molecule has 4 nitrogen and oxygen atoms in total. The van der Waals surface area contributed by atoms with Crippen LogP contribution in [0.3, 0.4) is 0 Å². The van der Waals surface area contributed by atoms with Gasteiger partial charge in [-0.3, -0.25) is 4.98 Å². The van der Waals surface area contributed by atoms with Crippen molar-refractivity contribution in [1.29, 1.82) is 0 Å². The first kappa shape index (κ1) is 13.4. The van der Waals surface area contributed by atoms with Crippen molar-refractivity contribution < 1.29 is 0 Å². The Hall–Kier alpha value is -2.56. The predicted octanol–water partition coefficient (Wildman–Crippen LogP) is 1.64. The highest BCUT2D eigenvalue weighted by atomic mass is 15.1. The summed E-state index contributed by atoms with van der Waals surface area (Å²) in [6.45, 7) is 8.03. The summed E-state index contributed by atoms with van der Waals surface area (Å²) < 4.78 is 0. The van der Waals surface area contributed by atoms with Crippen molar-refractivity contribution in [3.05, 3.63) is 53.5 Å². The van der Waals surface area contributed by atoms with Crippen molar-refractivity contribution in [2.24, 2.45) is 0 Å². The lowest BCUT2D eigenvalue weighted by Crippen LogP contribution is -2.14. The van der Waals surface area contributed by atoms with Crippen LogP contribution in [-0.4, -0.2) is 17.8 Å². The zero-order valence-electron chi connectivity index (χ0n) is 12.5. The number of benzene rings is 1. The zero-order valence-corrected chi connectivity index (χ0v) is 12.5. The van der Waals surface area contributed by atoms with Crippen molar-refractivity contribution in [2.75, 3.05) is 5.32 Å². The maximum Gasteiger partial charge on any atom is 0.166 e. The molecular formula is C16H17BN4. The van der Waals surface area contributed by atoms with E-state index in [-0.39, 0.29) is 0 Å². The maximum absolute atomic E-state index is 4.56. The predicted molar refractivity (Wildman–Crippen MR) is 90.6 cm³/mol. The minimum Gasteiger partial charge on any atom is -0.357 e. The van der Waals surface area contributed by atoms with Gasteiger partial charge in [0.15, 0.2) is 13.7 Å². The molecular weight excluding hydrogens is 259 g/mol. The quantitative estimate of drug-likeness (QED) is 0.833. The molecule has 1 aromatic carbocycles. The van der Waals surface area contributed by atoms with Gasteiger partial charge in [0.05, 0.1) is 5.70 Å². The van der Waals surface area contributed by atoms with Crippen LogP contribution in [0.2, 0.25) is 0 Å². The summed E-state index contributed by atoms with van der Waals surface area (Å²) in [6, 6.07) is 4.16. The van der Waals surface area contributed by atoms with Gasteiger partial charge < -0.3 is 10.6 Å². The first-order chi connectivity index (χ1) is 10.1. The summed E-state index contributed by atoms with van der Waals surface area (Å²) in [5.41, 5.74) is 7.29. The van der Waals surface area contributed by atoms with E-state index in [9.17, 15) is 0 Å². The molecule has 2 aromatic rings. The summed E-state index contributed by atoms with van der Waals surface area (Å²) in [5, 5.41) is 6.52. The van der Waals surface area contributed by atoms with E-state index in [4.69, 9.17) is 0 Å². The second kappa shape index (κ2) is 5.09. The van der Waals surface area contributed by atoms with Gasteiger partial charge >= 0.3 is 0 Å². The van der Waals surface area contributed by atoms with Crippen molar-refractivity contribution in [3.63, 3.8) is 0 Å². The molecule has 0 bridgehead atoms. The molecule has 104 valence electrons. The summed E-state index contributed by atoms with van der Waals surface area (Å²) in [7, 11) is 1.94. The van der Waals surface area contributed by atoms with E-state index in [2.05, 4.69) is 53.2 Å². The van der Waals surface area contributed by atoms with Gasteiger partial charge in [-0.25, -0.2) is 4.98 Å². The maximum atomic E-state index is 4.56. The van der Waals surface area contributed by atoms with Gasteiger partial charge in [-0.15, -0.1) is 0 Å². The Labute approximate surface area is 125 Å². The fraction of sp³-hybridized carbons (Fsp3) is 0.125. The van der Waals surface area contributed by atoms with Gasteiger partial charge in [-0.05, 0) is 30.5 Å². The second-order valence-electron chi connectivity index (χ2n) is 5.21. The number of aromatic nitrogens is 2. The highest BCUT2D eigenvalue weighted by Gasteiger charge is 2.18. The summed E-state index contributed by atoms with van der Waals surface area (Å²) in [6.07, 6.45) is 5.57. The molecule has 2 N–H and O–H groups in total. The van der Waals surface area contributed by atoms with Gasteiger partial charge in [-0.2, -0.15) is 0 Å². The van der Waals surface area contributed by atoms with Crippen LogP contribution in [0.4, 0.5) is 11.5 Å². The van der Waals surface area contributed by atoms with Crippen molar-refractivity contribution in [3.8, 4) is 0 Å². The molecule has 0 unspecified atom stereocenters. The highest BCUT2D eigenvalue weighted by Crippen LogP contribution is 2.30. The molecule has 21 heavy (non-hydrogen) atoms. The number of anilines is 2. The monoisotopic (exact) mass is 276 g/mol. The lowest BCUT2D eigenvalue weighted by molar-refractivity contribution is 1.19. The Morgan fingerprint density at radius 1 is 1.33 bits per heavy atom. The number of hydrogen-bond donors (Lipinski definition) is 2. The van der Waals surface area contributed by atoms with E-state index in [1.807, 2.05) is 20.1 Å². The molecule has 0 spiro atoms. The Morgan fingerprint density at radius 3 is 2.76 bits per heavy atom. The average molecular weight is 276 g/mol. The Kier molecular flexibility index (Phi) is 3.25. The minimum absolute atomic E-state index is 0.768. The first-order valence-corrected chi connectivity index (χ1v) is 6.90. The normalized spacial score (nSPS) is 12.4. The van der Waals surface area contributed by atoms with Crippen LogP contribution in [-0.2, 0) is 0 Å². The third kappa shape index (κ3) is 2.54. The second-order valence-corrected chi connectivity index (χ2v) is 5.21. The van der Waals surface area contributed by atoms with Crippen molar-refractivity contribution in [2.45, 2.75) is 13.8 Å². The van der Waals surface area contributed by atoms with E-state index in [0.717, 1.165) is 39.6 Å². The number of hydrogen-bond acceptors (Lipinski definition) is 4. The molecule has 0 atom stereocenters. The molecule has 0 saturated heterocycles. The van der Waals surface area contributed by atoms with Crippen molar-refractivity contribution in [1.82, 2.24) is 15.3 Å². The third-order valence-electron chi connectivity index (χ3n) is 3.62. The van der Waals surface area contributed by atoms with E-state index in [1.165, 1.54) is 5.56 Å². The van der Waals surface area contributed by atoms with E-state index < -0.39 is 0 Å². The van der Waals surface area contributed by atoms with Gasteiger partial charge in [0.2, 0.25) is 0 Å². The molecule has 0 fully saturated rings. The minimum atomic E-state index is 0.768. The lowest BCUT2D eigenvalue weighted by Gasteiger charge is -2.15. The number of nitrogens with zero attached hydrogens (tertiary/aromatic N) is 2. The van der Waals surface area contributed by atoms with Crippen LogP contribution in [0.25, 0.3) is 11.8 Å². The Balaban J connectivity index is 2.05. The molecule has 0 aliphatic carbocycles. The molecule has 2 heterocycles. The van der Waals surface area contributed by atoms with Crippen LogP contribution in [0.1, 0.15) is 22.4 Å². The molecule has 1 aromatic heterocycles. The van der Waals surface area contributed by atoms with Gasteiger partial charge in [0.25, 0.3) is 0 Å². The van der Waals surface area contributed by atoms with Crippen LogP contribution in [0.15, 0.2) is 31.1 Å². The Morgan fingerprint density at radius 2 is 2.10 bits per heavy atom. The van der Waals surface area contributed by atoms with Crippen LogP contribution >= 0.6 is 0 Å². The molecule has 1 aliphatic heterocycles. The third-order valence-corrected chi connectivity index (χ3v) is 3.62. The molecule has 5 heteroatoms. The number of rotatable bonds is 4. The van der Waals surface area contributed by atoms with E-state index in [1.54, 1.807) is 6.20 Å². The first-order valence-electron chi connectivity index (χ1n) is 6.90. The molecule has 1 aliphatic rings. The van der Waals surface area contributed by atoms with Crippen molar-refractivity contribution >= 4 is 36.7 Å². The number of nitrogens with one attached hydrogen (secondary N) is 2. The smallest absolute Gasteiger partial charge is 0.166 e. The van der Waals surface area contributed by atoms with Gasteiger partial charge in [0.1, 0.15) is 5.69 Å². The summed E-state index contributed by atoms with van der Waals surface area (Å²) in [5.74, 6) is 0.768. The molecule has 0 amide bonds. The van der Waals surface area contributed by atoms with Crippen LogP contribution < -0.4 is 16.2 Å². The van der Waals surface area contributed by atoms with Gasteiger partial charge in [-0.1, -0.05) is 24.8 Å². The van der Waals surface area contributed by atoms with E-state index >= 15 is 0 Å². The SMILES string of the molecule is Bc1cnc(Nc2c(C)ccc(C=C)c2C)c(C2=CN2)n1. The highest BCUT2D eigenvalue weighted by molar-refractivity contribution is 6.30. The molecule has 0 saturated carbocycles. The number of aryl methyl sites for hydroxylation is 1. The Bertz CT molecular complexity index is 765. The fourth-order valence-corrected chi connectivity index (χ4v) is 2.32. The van der Waals surface area contributed by atoms with E-state index in [0.29, 0.717) is 0 Å². The topological polar surface area (TPSA) is 59.8 Å². The van der Waals surface area contributed by atoms with Gasteiger partial charge in [0, 0.05) is 23.7 Å². The molecule has 0 radical (unpaired) electrons. The summed E-state index contributed by atoms with van der Waals surface area (Å²) in [4.78, 5) is 9.05. The fourth-order valence-electron chi connectivity index (χ4n) is 2.32. The standard InChI is InChI=1S/C16H17BN4/c1-4-11-6-5-9(2)14(10(11)3)21-16-15(12-7-18-12)20-13(17)8-19-16/h4-8,18H,1,17H2,2-3H3,(H,19,21).